The van der Waals surface area contributed by atoms with E-state index in [1.807, 2.05) is 0 Å². The first-order valence-electron chi connectivity index (χ1n) is 6.58. The molecule has 3 atom stereocenters. The molecule has 3 rings (SSSR count). The summed E-state index contributed by atoms with van der Waals surface area (Å²) in [6.07, 6.45) is 6.79. The van der Waals surface area contributed by atoms with Gasteiger partial charge in [0.2, 0.25) is 0 Å². The van der Waals surface area contributed by atoms with Crippen LogP contribution in [0.15, 0.2) is 10.5 Å². The molecule has 1 N–H and O–H groups in total. The zero-order valence-corrected chi connectivity index (χ0v) is 10.8. The van der Waals surface area contributed by atoms with Crippen molar-refractivity contribution < 1.29 is 4.74 Å². The van der Waals surface area contributed by atoms with Gasteiger partial charge < -0.3 is 10.1 Å². The molecule has 2 unspecified atom stereocenters. The quantitative estimate of drug-likeness (QED) is 0.760. The average molecular weight is 239 g/mol. The van der Waals surface area contributed by atoms with Crippen LogP contribution in [0.1, 0.15) is 39.0 Å². The van der Waals surface area contributed by atoms with E-state index in [4.69, 9.17) is 4.74 Å². The summed E-state index contributed by atoms with van der Waals surface area (Å²) in [7, 11) is 0. The van der Waals surface area contributed by atoms with E-state index >= 15 is 0 Å². The van der Waals surface area contributed by atoms with Crippen LogP contribution in [0.2, 0.25) is 0 Å². The summed E-state index contributed by atoms with van der Waals surface area (Å²) >= 11 is 2.09. The molecule has 2 nitrogen and oxygen atoms in total. The maximum absolute atomic E-state index is 6.05. The van der Waals surface area contributed by atoms with Crippen molar-refractivity contribution in [1.29, 1.82) is 0 Å². The summed E-state index contributed by atoms with van der Waals surface area (Å²) in [6, 6.07) is 0.588. The third-order valence-corrected chi connectivity index (χ3v) is 5.21. The molecule has 0 saturated carbocycles. The Morgan fingerprint density at radius 1 is 1.38 bits per heavy atom. The molecule has 0 aliphatic carbocycles. The molecule has 3 heteroatoms. The van der Waals surface area contributed by atoms with Gasteiger partial charge in [-0.15, -0.1) is 11.8 Å². The summed E-state index contributed by atoms with van der Waals surface area (Å²) in [6.45, 7) is 4.45. The highest BCUT2D eigenvalue weighted by Crippen LogP contribution is 2.44. The largest absolute Gasteiger partial charge is 0.372 e. The molecule has 90 valence electrons. The molecule has 0 spiro atoms. The van der Waals surface area contributed by atoms with Crippen molar-refractivity contribution in [2.75, 3.05) is 13.2 Å². The maximum atomic E-state index is 6.05. The van der Waals surface area contributed by atoms with E-state index in [1.165, 1.54) is 32.2 Å². The Balaban J connectivity index is 1.76. The second-order valence-corrected chi connectivity index (χ2v) is 6.71. The molecule has 1 fully saturated rings. The Bertz CT molecular complexity index is 296. The first-order valence-corrected chi connectivity index (χ1v) is 7.46. The van der Waals surface area contributed by atoms with Crippen LogP contribution in [0.3, 0.4) is 0 Å². The van der Waals surface area contributed by atoms with Gasteiger partial charge in [0.1, 0.15) is 0 Å². The second-order valence-electron chi connectivity index (χ2n) is 5.18. The van der Waals surface area contributed by atoms with E-state index in [-0.39, 0.29) is 0 Å². The first-order chi connectivity index (χ1) is 7.84. The molecular weight excluding hydrogens is 218 g/mol. The highest BCUT2D eigenvalue weighted by atomic mass is 32.2. The van der Waals surface area contributed by atoms with Gasteiger partial charge in [-0.3, -0.25) is 0 Å². The van der Waals surface area contributed by atoms with Crippen LogP contribution in [-0.2, 0) is 4.74 Å². The van der Waals surface area contributed by atoms with Gasteiger partial charge in [-0.1, -0.05) is 13.3 Å². The lowest BCUT2D eigenvalue weighted by atomic mass is 9.90. The fourth-order valence-corrected chi connectivity index (χ4v) is 4.45. The minimum atomic E-state index is 0.390. The molecule has 0 aromatic rings. The van der Waals surface area contributed by atoms with Crippen molar-refractivity contribution in [3.05, 3.63) is 10.5 Å². The molecule has 0 radical (unpaired) electrons. The predicted molar refractivity (Wildman–Crippen MR) is 68.7 cm³/mol. The van der Waals surface area contributed by atoms with Gasteiger partial charge in [0.15, 0.2) is 0 Å². The van der Waals surface area contributed by atoms with Gasteiger partial charge in [0, 0.05) is 17.7 Å². The minimum absolute atomic E-state index is 0.390. The summed E-state index contributed by atoms with van der Waals surface area (Å²) in [5.74, 6) is 0. The molecule has 1 saturated heterocycles. The Hall–Kier alpha value is 0.0100. The van der Waals surface area contributed by atoms with Gasteiger partial charge in [0.05, 0.1) is 12.7 Å². The number of nitrogens with one attached hydrogen (secondary N) is 1. The van der Waals surface area contributed by atoms with Crippen molar-refractivity contribution in [2.45, 2.75) is 56.4 Å². The number of ether oxygens (including phenoxy) is 1. The van der Waals surface area contributed by atoms with Gasteiger partial charge in [-0.2, -0.15) is 0 Å². The summed E-state index contributed by atoms with van der Waals surface area (Å²) < 4.78 is 6.05. The molecule has 16 heavy (non-hydrogen) atoms. The van der Waals surface area contributed by atoms with E-state index < -0.39 is 0 Å². The number of thioether (sulfide) groups is 1. The van der Waals surface area contributed by atoms with Crippen LogP contribution in [0.5, 0.6) is 0 Å². The summed E-state index contributed by atoms with van der Waals surface area (Å²) in [4.78, 5) is 1.65. The monoisotopic (exact) mass is 239 g/mol. The highest BCUT2D eigenvalue weighted by Gasteiger charge is 2.35. The van der Waals surface area contributed by atoms with Crippen LogP contribution in [-0.4, -0.2) is 30.5 Å². The smallest absolute Gasteiger partial charge is 0.0949 e. The fourth-order valence-electron chi connectivity index (χ4n) is 3.15. The molecule has 0 aromatic carbocycles. The normalized spacial score (nSPS) is 39.9. The fraction of sp³-hybridized carbons (Fsp3) is 0.846. The molecule has 3 aliphatic heterocycles. The molecular formula is C13H21NOS. The average Bonchev–Trinajstić information content (AvgIpc) is 2.70. The van der Waals surface area contributed by atoms with Crippen LogP contribution < -0.4 is 5.32 Å². The van der Waals surface area contributed by atoms with Crippen LogP contribution in [0.25, 0.3) is 0 Å². The lowest BCUT2D eigenvalue weighted by Crippen LogP contribution is -2.46. The first kappa shape index (κ1) is 11.1. The van der Waals surface area contributed by atoms with Gasteiger partial charge in [-0.25, -0.2) is 0 Å². The van der Waals surface area contributed by atoms with Crippen molar-refractivity contribution in [1.82, 2.24) is 5.32 Å². The SMILES string of the molecule is CC1CC2=C(CCO[C@H]2C2CCCCN2)S1. The molecule has 3 aliphatic rings. The van der Waals surface area contributed by atoms with E-state index in [0.717, 1.165) is 18.3 Å². The second kappa shape index (κ2) is 4.71. The van der Waals surface area contributed by atoms with E-state index in [0.29, 0.717) is 12.1 Å². The van der Waals surface area contributed by atoms with Crippen LogP contribution in [0.4, 0.5) is 0 Å². The lowest BCUT2D eigenvalue weighted by molar-refractivity contribution is 0.0348. The number of hydrogen-bond acceptors (Lipinski definition) is 3. The minimum Gasteiger partial charge on any atom is -0.372 e. The topological polar surface area (TPSA) is 21.3 Å². The Morgan fingerprint density at radius 3 is 3.12 bits per heavy atom. The number of hydrogen-bond donors (Lipinski definition) is 1. The van der Waals surface area contributed by atoms with E-state index in [1.54, 1.807) is 10.5 Å². The Morgan fingerprint density at radius 2 is 2.31 bits per heavy atom. The summed E-state index contributed by atoms with van der Waals surface area (Å²) in [5, 5.41) is 4.42. The van der Waals surface area contributed by atoms with Gasteiger partial charge >= 0.3 is 0 Å². The zero-order chi connectivity index (χ0) is 11.0. The Labute approximate surface area is 102 Å². The van der Waals surface area contributed by atoms with Crippen molar-refractivity contribution in [3.63, 3.8) is 0 Å². The maximum Gasteiger partial charge on any atom is 0.0949 e. The van der Waals surface area contributed by atoms with Crippen molar-refractivity contribution in [3.8, 4) is 0 Å². The lowest BCUT2D eigenvalue weighted by Gasteiger charge is -2.35. The van der Waals surface area contributed by atoms with Crippen molar-refractivity contribution in [2.24, 2.45) is 0 Å². The molecule has 0 amide bonds. The standard InChI is InChI=1S/C13H21NOS/c1-9-8-10-12(16-9)5-7-15-13(10)11-4-2-3-6-14-11/h9,11,13-14H,2-8H2,1H3/t9?,11?,13-/m1/s1. The molecule has 0 aromatic heterocycles. The summed E-state index contributed by atoms with van der Waals surface area (Å²) in [5.41, 5.74) is 1.63. The van der Waals surface area contributed by atoms with E-state index in [9.17, 15) is 0 Å². The number of rotatable bonds is 1. The third kappa shape index (κ3) is 2.05. The zero-order valence-electron chi connectivity index (χ0n) is 10.00. The third-order valence-electron chi connectivity index (χ3n) is 3.89. The predicted octanol–water partition coefficient (Wildman–Crippen LogP) is 2.70. The molecule has 3 heterocycles. The van der Waals surface area contributed by atoms with Crippen LogP contribution >= 0.6 is 11.8 Å². The van der Waals surface area contributed by atoms with Gasteiger partial charge in [0.25, 0.3) is 0 Å². The van der Waals surface area contributed by atoms with Crippen LogP contribution in [0, 0.1) is 0 Å². The Kier molecular flexibility index (Phi) is 3.27. The van der Waals surface area contributed by atoms with Crippen molar-refractivity contribution >= 4 is 11.8 Å². The highest BCUT2D eigenvalue weighted by molar-refractivity contribution is 8.03. The van der Waals surface area contributed by atoms with E-state index in [2.05, 4.69) is 24.0 Å². The number of piperidine rings is 1. The van der Waals surface area contributed by atoms with Gasteiger partial charge in [-0.05, 0) is 36.3 Å². The molecule has 0 bridgehead atoms.